The molecular weight excluding hydrogens is 300 g/mol. The zero-order chi connectivity index (χ0) is 16.9. The van der Waals surface area contributed by atoms with Crippen molar-refractivity contribution < 1.29 is 4.79 Å². The maximum Gasteiger partial charge on any atom is 0.260 e. The molecule has 3 rings (SSSR count). The second-order valence-corrected chi connectivity index (χ2v) is 5.62. The summed E-state index contributed by atoms with van der Waals surface area (Å²) in [5.74, 6) is 0.377. The van der Waals surface area contributed by atoms with Gasteiger partial charge in [0, 0.05) is 5.69 Å². The number of aryl methyl sites for hydroxylation is 1. The van der Waals surface area contributed by atoms with Crippen LogP contribution in [0.1, 0.15) is 34.2 Å². The lowest BCUT2D eigenvalue weighted by Gasteiger charge is -2.09. The smallest absolute Gasteiger partial charge is 0.260 e. The third-order valence-corrected chi connectivity index (χ3v) is 3.83. The molecule has 2 aromatic heterocycles. The van der Waals surface area contributed by atoms with Gasteiger partial charge in [-0.05, 0) is 31.0 Å². The Kier molecular flexibility index (Phi) is 4.70. The summed E-state index contributed by atoms with van der Waals surface area (Å²) in [6.45, 7) is 4.57. The van der Waals surface area contributed by atoms with Crippen LogP contribution in [-0.4, -0.2) is 20.7 Å². The summed E-state index contributed by atoms with van der Waals surface area (Å²) in [5, 5.41) is 7.25. The maximum absolute atomic E-state index is 12.6. The first-order chi connectivity index (χ1) is 11.7. The van der Waals surface area contributed by atoms with E-state index in [0.717, 1.165) is 23.4 Å². The van der Waals surface area contributed by atoms with Crippen LogP contribution in [0, 0.1) is 6.92 Å². The van der Waals surface area contributed by atoms with Gasteiger partial charge < -0.3 is 5.32 Å². The number of benzene rings is 1. The number of carbonyl (C=O) groups is 1. The molecule has 0 aliphatic carbocycles. The molecule has 0 atom stereocenters. The third-order valence-electron chi connectivity index (χ3n) is 3.83. The molecule has 1 aromatic carbocycles. The molecule has 122 valence electrons. The highest BCUT2D eigenvalue weighted by Crippen LogP contribution is 2.14. The zero-order valence-corrected chi connectivity index (χ0v) is 13.9. The fourth-order valence-corrected chi connectivity index (χ4v) is 2.66. The van der Waals surface area contributed by atoms with Crippen LogP contribution in [0.15, 0.2) is 54.7 Å². The summed E-state index contributed by atoms with van der Waals surface area (Å²) in [5.41, 5.74) is 3.53. The molecular formula is C19H20N4O. The van der Waals surface area contributed by atoms with Gasteiger partial charge in [0.1, 0.15) is 5.82 Å². The van der Waals surface area contributed by atoms with Crippen LogP contribution < -0.4 is 5.32 Å². The van der Waals surface area contributed by atoms with Crippen molar-refractivity contribution in [2.75, 3.05) is 5.32 Å². The molecule has 1 N–H and O–H groups in total. The van der Waals surface area contributed by atoms with Gasteiger partial charge in [-0.3, -0.25) is 9.48 Å². The van der Waals surface area contributed by atoms with Crippen LogP contribution in [0.25, 0.3) is 0 Å². The molecule has 5 heteroatoms. The van der Waals surface area contributed by atoms with E-state index in [1.165, 1.54) is 0 Å². The molecule has 0 aliphatic rings. The first-order valence-electron chi connectivity index (χ1n) is 8.01. The van der Waals surface area contributed by atoms with Gasteiger partial charge in [0.2, 0.25) is 0 Å². The minimum atomic E-state index is -0.177. The van der Waals surface area contributed by atoms with Gasteiger partial charge >= 0.3 is 0 Å². The lowest BCUT2D eigenvalue weighted by Crippen LogP contribution is -2.15. The molecule has 1 amide bonds. The number of anilines is 1. The summed E-state index contributed by atoms with van der Waals surface area (Å²) in [6, 6.07) is 15.6. The lowest BCUT2D eigenvalue weighted by molar-refractivity contribution is 0.102. The molecule has 24 heavy (non-hydrogen) atoms. The predicted molar refractivity (Wildman–Crippen MR) is 94.1 cm³/mol. The summed E-state index contributed by atoms with van der Waals surface area (Å²) < 4.78 is 1.88. The van der Waals surface area contributed by atoms with E-state index in [4.69, 9.17) is 0 Å². The SMILES string of the molecule is CCc1c(C(=O)Nc2cccc(C)n2)cnn1Cc1ccccc1. The Morgan fingerprint density at radius 2 is 1.92 bits per heavy atom. The van der Waals surface area contributed by atoms with Gasteiger partial charge in [-0.25, -0.2) is 4.98 Å². The van der Waals surface area contributed by atoms with Gasteiger partial charge in [0.15, 0.2) is 0 Å². The number of aromatic nitrogens is 3. The van der Waals surface area contributed by atoms with Crippen molar-refractivity contribution in [1.82, 2.24) is 14.8 Å². The van der Waals surface area contributed by atoms with E-state index in [1.807, 2.05) is 48.9 Å². The molecule has 3 aromatic rings. The number of nitrogens with zero attached hydrogens (tertiary/aromatic N) is 3. The van der Waals surface area contributed by atoms with Crippen LogP contribution in [0.4, 0.5) is 5.82 Å². The Morgan fingerprint density at radius 3 is 2.62 bits per heavy atom. The van der Waals surface area contributed by atoms with E-state index in [9.17, 15) is 4.79 Å². The second kappa shape index (κ2) is 7.08. The van der Waals surface area contributed by atoms with Crippen molar-refractivity contribution in [3.63, 3.8) is 0 Å². The summed E-state index contributed by atoms with van der Waals surface area (Å²) in [7, 11) is 0. The van der Waals surface area contributed by atoms with E-state index >= 15 is 0 Å². The van der Waals surface area contributed by atoms with Crippen molar-refractivity contribution in [1.29, 1.82) is 0 Å². The molecule has 0 aliphatic heterocycles. The average molecular weight is 320 g/mol. The van der Waals surface area contributed by atoms with Crippen molar-refractivity contribution in [2.45, 2.75) is 26.8 Å². The van der Waals surface area contributed by atoms with Crippen molar-refractivity contribution in [3.8, 4) is 0 Å². The highest BCUT2D eigenvalue weighted by Gasteiger charge is 2.17. The van der Waals surface area contributed by atoms with E-state index in [0.29, 0.717) is 17.9 Å². The largest absolute Gasteiger partial charge is 0.306 e. The average Bonchev–Trinajstić information content (AvgIpc) is 2.98. The Labute approximate surface area is 141 Å². The highest BCUT2D eigenvalue weighted by molar-refractivity contribution is 6.04. The standard InChI is InChI=1S/C19H20N4O/c1-3-17-16(19(24)22-18-11-7-8-14(2)21-18)12-20-23(17)13-15-9-5-4-6-10-15/h4-12H,3,13H2,1-2H3,(H,21,22,24). The summed E-state index contributed by atoms with van der Waals surface area (Å²) in [4.78, 5) is 16.9. The van der Waals surface area contributed by atoms with E-state index < -0.39 is 0 Å². The van der Waals surface area contributed by atoms with Gasteiger partial charge in [-0.1, -0.05) is 43.3 Å². The molecule has 0 spiro atoms. The maximum atomic E-state index is 12.6. The fourth-order valence-electron chi connectivity index (χ4n) is 2.66. The lowest BCUT2D eigenvalue weighted by atomic mass is 10.1. The van der Waals surface area contributed by atoms with E-state index in [1.54, 1.807) is 12.3 Å². The summed E-state index contributed by atoms with van der Waals surface area (Å²) >= 11 is 0. The topological polar surface area (TPSA) is 59.8 Å². The monoisotopic (exact) mass is 320 g/mol. The third kappa shape index (κ3) is 3.51. The van der Waals surface area contributed by atoms with Crippen LogP contribution >= 0.6 is 0 Å². The molecule has 5 nitrogen and oxygen atoms in total. The van der Waals surface area contributed by atoms with Crippen LogP contribution in [0.3, 0.4) is 0 Å². The number of rotatable bonds is 5. The number of amides is 1. The first-order valence-corrected chi connectivity index (χ1v) is 8.01. The Bertz CT molecular complexity index is 840. The minimum Gasteiger partial charge on any atom is -0.306 e. The van der Waals surface area contributed by atoms with Gasteiger partial charge in [-0.2, -0.15) is 5.10 Å². The second-order valence-electron chi connectivity index (χ2n) is 5.62. The minimum absolute atomic E-state index is 0.177. The number of nitrogens with one attached hydrogen (secondary N) is 1. The van der Waals surface area contributed by atoms with Crippen LogP contribution in [0.2, 0.25) is 0 Å². The van der Waals surface area contributed by atoms with E-state index in [2.05, 4.69) is 27.5 Å². The number of hydrogen-bond acceptors (Lipinski definition) is 3. The Balaban J connectivity index is 1.82. The molecule has 0 radical (unpaired) electrons. The Hall–Kier alpha value is -2.95. The molecule has 0 bridgehead atoms. The summed E-state index contributed by atoms with van der Waals surface area (Å²) in [6.07, 6.45) is 2.36. The normalized spacial score (nSPS) is 10.6. The number of pyridine rings is 1. The predicted octanol–water partition coefficient (Wildman–Crippen LogP) is 3.45. The van der Waals surface area contributed by atoms with Crippen molar-refractivity contribution in [2.24, 2.45) is 0 Å². The van der Waals surface area contributed by atoms with Gasteiger partial charge in [-0.15, -0.1) is 0 Å². The highest BCUT2D eigenvalue weighted by atomic mass is 16.1. The van der Waals surface area contributed by atoms with E-state index in [-0.39, 0.29) is 5.91 Å². The number of carbonyl (C=O) groups excluding carboxylic acids is 1. The molecule has 0 saturated carbocycles. The Morgan fingerprint density at radius 1 is 1.12 bits per heavy atom. The zero-order valence-electron chi connectivity index (χ0n) is 13.9. The number of hydrogen-bond donors (Lipinski definition) is 1. The van der Waals surface area contributed by atoms with Crippen LogP contribution in [-0.2, 0) is 13.0 Å². The molecule has 2 heterocycles. The van der Waals surface area contributed by atoms with Gasteiger partial charge in [0.05, 0.1) is 24.0 Å². The molecule has 0 saturated heterocycles. The molecule has 0 fully saturated rings. The van der Waals surface area contributed by atoms with Crippen molar-refractivity contribution in [3.05, 3.63) is 77.2 Å². The first kappa shape index (κ1) is 15.9. The fraction of sp³-hybridized carbons (Fsp3) is 0.211. The molecule has 0 unspecified atom stereocenters. The van der Waals surface area contributed by atoms with Gasteiger partial charge in [0.25, 0.3) is 5.91 Å². The van der Waals surface area contributed by atoms with Crippen molar-refractivity contribution >= 4 is 11.7 Å². The van der Waals surface area contributed by atoms with Crippen LogP contribution in [0.5, 0.6) is 0 Å². The quantitative estimate of drug-likeness (QED) is 0.783.